The van der Waals surface area contributed by atoms with Crippen molar-refractivity contribution < 1.29 is 4.74 Å². The van der Waals surface area contributed by atoms with Gasteiger partial charge in [-0.15, -0.1) is 11.3 Å². The Labute approximate surface area is 98.6 Å². The molecule has 0 saturated carbocycles. The maximum atomic E-state index is 5.32. The van der Waals surface area contributed by atoms with Crippen molar-refractivity contribution in [2.45, 2.75) is 10.8 Å². The molecule has 0 aliphatic carbocycles. The van der Waals surface area contributed by atoms with E-state index in [1.807, 2.05) is 23.3 Å². The number of rotatable bonds is 6. The van der Waals surface area contributed by atoms with Gasteiger partial charge in [0, 0.05) is 37.0 Å². The highest BCUT2D eigenvalue weighted by Crippen LogP contribution is 2.19. The fourth-order valence-electron chi connectivity index (χ4n) is 1.54. The highest BCUT2D eigenvalue weighted by Gasteiger charge is 2.14. The average Bonchev–Trinajstić information content (AvgIpc) is 2.88. The molecule has 1 aromatic heterocycles. The van der Waals surface area contributed by atoms with Crippen molar-refractivity contribution in [1.29, 1.82) is 0 Å². The summed E-state index contributed by atoms with van der Waals surface area (Å²) in [5, 5.41) is 5.49. The minimum atomic E-state index is 0.731. The molecule has 3 nitrogen and oxygen atoms in total. The van der Waals surface area contributed by atoms with E-state index < -0.39 is 0 Å². The van der Waals surface area contributed by atoms with Gasteiger partial charge in [-0.3, -0.25) is 0 Å². The van der Waals surface area contributed by atoms with Gasteiger partial charge in [-0.2, -0.15) is 0 Å². The predicted octanol–water partition coefficient (Wildman–Crippen LogP) is 1.86. The van der Waals surface area contributed by atoms with Crippen molar-refractivity contribution in [1.82, 2.24) is 10.3 Å². The number of nitrogens with zero attached hydrogens (tertiary/aromatic N) is 1. The highest BCUT2D eigenvalue weighted by molar-refractivity contribution is 8.01. The number of thiazole rings is 1. The van der Waals surface area contributed by atoms with E-state index in [2.05, 4.69) is 10.3 Å². The molecule has 1 aromatic rings. The molecule has 0 aromatic carbocycles. The molecule has 2 rings (SSSR count). The van der Waals surface area contributed by atoms with E-state index >= 15 is 0 Å². The highest BCUT2D eigenvalue weighted by atomic mass is 32.2. The summed E-state index contributed by atoms with van der Waals surface area (Å²) >= 11 is 3.53. The number of hydrogen-bond donors (Lipinski definition) is 1. The molecule has 0 amide bonds. The molecule has 0 spiro atoms. The van der Waals surface area contributed by atoms with Gasteiger partial charge in [0.05, 0.1) is 6.61 Å². The first kappa shape index (κ1) is 11.4. The van der Waals surface area contributed by atoms with Crippen molar-refractivity contribution in [3.63, 3.8) is 0 Å². The number of aromatic nitrogens is 1. The Morgan fingerprint density at radius 1 is 1.67 bits per heavy atom. The molecule has 1 N–H and O–H groups in total. The molecule has 0 radical (unpaired) electrons. The molecule has 1 saturated heterocycles. The van der Waals surface area contributed by atoms with E-state index in [-0.39, 0.29) is 0 Å². The first-order valence-corrected chi connectivity index (χ1v) is 7.12. The van der Waals surface area contributed by atoms with Crippen molar-refractivity contribution in [2.75, 3.05) is 32.1 Å². The topological polar surface area (TPSA) is 34.1 Å². The molecule has 2 heterocycles. The van der Waals surface area contributed by atoms with Crippen LogP contribution in [0.3, 0.4) is 0 Å². The molecule has 15 heavy (non-hydrogen) atoms. The molecule has 0 bridgehead atoms. The van der Waals surface area contributed by atoms with Gasteiger partial charge in [-0.1, -0.05) is 11.8 Å². The minimum absolute atomic E-state index is 0.731. The van der Waals surface area contributed by atoms with Crippen LogP contribution in [0.2, 0.25) is 0 Å². The summed E-state index contributed by atoms with van der Waals surface area (Å²) in [5.74, 6) is 1.83. The second kappa shape index (κ2) is 6.48. The van der Waals surface area contributed by atoms with Gasteiger partial charge in [-0.25, -0.2) is 4.98 Å². The first-order valence-electron chi connectivity index (χ1n) is 5.26. The van der Waals surface area contributed by atoms with Crippen LogP contribution in [-0.4, -0.2) is 37.0 Å². The fraction of sp³-hybridized carbons (Fsp3) is 0.700. The van der Waals surface area contributed by atoms with E-state index in [0.717, 1.165) is 38.0 Å². The van der Waals surface area contributed by atoms with Gasteiger partial charge in [0.1, 0.15) is 4.34 Å². The van der Waals surface area contributed by atoms with Crippen LogP contribution in [0.4, 0.5) is 0 Å². The zero-order valence-corrected chi connectivity index (χ0v) is 10.3. The third kappa shape index (κ3) is 4.10. The van der Waals surface area contributed by atoms with Crippen LogP contribution in [0.5, 0.6) is 0 Å². The van der Waals surface area contributed by atoms with E-state index in [4.69, 9.17) is 4.74 Å². The predicted molar refractivity (Wildman–Crippen MR) is 64.6 cm³/mol. The van der Waals surface area contributed by atoms with Crippen molar-refractivity contribution in [3.8, 4) is 0 Å². The van der Waals surface area contributed by atoms with Crippen LogP contribution < -0.4 is 5.32 Å². The van der Waals surface area contributed by atoms with E-state index in [1.54, 1.807) is 11.3 Å². The summed E-state index contributed by atoms with van der Waals surface area (Å²) in [5.41, 5.74) is 0. The summed E-state index contributed by atoms with van der Waals surface area (Å²) in [6.45, 7) is 4.03. The second-order valence-electron chi connectivity index (χ2n) is 3.58. The van der Waals surface area contributed by atoms with Gasteiger partial charge in [-0.05, 0) is 12.3 Å². The summed E-state index contributed by atoms with van der Waals surface area (Å²) in [6, 6.07) is 0. The third-order valence-electron chi connectivity index (χ3n) is 2.37. The lowest BCUT2D eigenvalue weighted by molar-refractivity contribution is 0.185. The Morgan fingerprint density at radius 2 is 2.67 bits per heavy atom. The maximum Gasteiger partial charge on any atom is 0.149 e. The minimum Gasteiger partial charge on any atom is -0.381 e. The zero-order chi connectivity index (χ0) is 10.3. The molecule has 5 heteroatoms. The van der Waals surface area contributed by atoms with Crippen LogP contribution in [0.15, 0.2) is 15.9 Å². The molecule has 1 unspecified atom stereocenters. The summed E-state index contributed by atoms with van der Waals surface area (Å²) in [6.07, 6.45) is 3.07. The van der Waals surface area contributed by atoms with E-state index in [0.29, 0.717) is 0 Å². The average molecular weight is 244 g/mol. The molecule has 1 aliphatic rings. The lowest BCUT2D eigenvalue weighted by atomic mass is 10.1. The smallest absolute Gasteiger partial charge is 0.149 e. The molecular weight excluding hydrogens is 228 g/mol. The number of hydrogen-bond acceptors (Lipinski definition) is 5. The number of thioether (sulfide) groups is 1. The quantitative estimate of drug-likeness (QED) is 0.612. The zero-order valence-electron chi connectivity index (χ0n) is 8.65. The third-order valence-corrected chi connectivity index (χ3v) is 4.34. The maximum absolute atomic E-state index is 5.32. The SMILES string of the molecule is c1csc(SCCNCC2CCOC2)n1. The fourth-order valence-corrected chi connectivity index (χ4v) is 3.15. The Bertz CT molecular complexity index is 260. The van der Waals surface area contributed by atoms with E-state index in [1.165, 1.54) is 10.8 Å². The van der Waals surface area contributed by atoms with Crippen LogP contribution >= 0.6 is 23.1 Å². The Hall–Kier alpha value is -0.100. The number of ether oxygens (including phenoxy) is 1. The Kier molecular flexibility index (Phi) is 4.92. The van der Waals surface area contributed by atoms with Crippen LogP contribution in [0, 0.1) is 5.92 Å². The van der Waals surface area contributed by atoms with Crippen molar-refractivity contribution >= 4 is 23.1 Å². The molecule has 1 atom stereocenters. The first-order chi connectivity index (χ1) is 7.45. The monoisotopic (exact) mass is 244 g/mol. The normalized spacial score (nSPS) is 20.9. The lowest BCUT2D eigenvalue weighted by Gasteiger charge is -2.08. The van der Waals surface area contributed by atoms with Crippen LogP contribution in [0.25, 0.3) is 0 Å². The van der Waals surface area contributed by atoms with Gasteiger partial charge in [0.2, 0.25) is 0 Å². The van der Waals surface area contributed by atoms with Gasteiger partial charge >= 0.3 is 0 Å². The number of nitrogens with one attached hydrogen (secondary N) is 1. The molecule has 1 aliphatic heterocycles. The largest absolute Gasteiger partial charge is 0.381 e. The van der Waals surface area contributed by atoms with Crippen LogP contribution in [-0.2, 0) is 4.74 Å². The standard InChI is InChI=1S/C10H16N2OS2/c1-4-13-8-9(1)7-11-2-5-14-10-12-3-6-15-10/h3,6,9,11H,1-2,4-5,7-8H2. The Balaban J connectivity index is 1.48. The van der Waals surface area contributed by atoms with Gasteiger partial charge < -0.3 is 10.1 Å². The van der Waals surface area contributed by atoms with Crippen molar-refractivity contribution in [2.24, 2.45) is 5.92 Å². The molecular formula is C10H16N2OS2. The molecule has 84 valence electrons. The Morgan fingerprint density at radius 3 is 3.40 bits per heavy atom. The van der Waals surface area contributed by atoms with E-state index in [9.17, 15) is 0 Å². The molecule has 1 fully saturated rings. The van der Waals surface area contributed by atoms with Gasteiger partial charge in [0.15, 0.2) is 0 Å². The van der Waals surface area contributed by atoms with Gasteiger partial charge in [0.25, 0.3) is 0 Å². The summed E-state index contributed by atoms with van der Waals surface area (Å²) in [7, 11) is 0. The summed E-state index contributed by atoms with van der Waals surface area (Å²) < 4.78 is 6.49. The second-order valence-corrected chi connectivity index (χ2v) is 5.82. The lowest BCUT2D eigenvalue weighted by Crippen LogP contribution is -2.25. The van der Waals surface area contributed by atoms with Crippen molar-refractivity contribution in [3.05, 3.63) is 11.6 Å². The van der Waals surface area contributed by atoms with Crippen LogP contribution in [0.1, 0.15) is 6.42 Å². The summed E-state index contributed by atoms with van der Waals surface area (Å²) in [4.78, 5) is 4.23.